The Labute approximate surface area is 281 Å². The molecule has 3 aliphatic rings. The van der Waals surface area contributed by atoms with Gasteiger partial charge in [0.1, 0.15) is 19.0 Å². The fraction of sp³-hybridized carbons (Fsp3) is 0.462. The summed E-state index contributed by atoms with van der Waals surface area (Å²) in [6.45, 7) is -0.234. The van der Waals surface area contributed by atoms with Gasteiger partial charge in [-0.1, -0.05) is 49.9 Å². The summed E-state index contributed by atoms with van der Waals surface area (Å²) in [5.74, 6) is -0.225. The average Bonchev–Trinajstić information content (AvgIpc) is 3.89. The van der Waals surface area contributed by atoms with Crippen LogP contribution in [0.1, 0.15) is 127 Å². The van der Waals surface area contributed by atoms with E-state index in [9.17, 15) is 31.1 Å². The van der Waals surface area contributed by atoms with E-state index in [0.29, 0.717) is 40.8 Å². The summed E-state index contributed by atoms with van der Waals surface area (Å²) in [4.78, 5) is 16.3. The minimum atomic E-state index is -4.48. The normalized spacial score (nSPS) is 18.8. The van der Waals surface area contributed by atoms with Gasteiger partial charge in [0, 0.05) is 22.5 Å². The quantitative estimate of drug-likeness (QED) is 0.141. The molecule has 0 radical (unpaired) electrons. The lowest BCUT2D eigenvalue weighted by Crippen LogP contribution is -2.13. The van der Waals surface area contributed by atoms with Crippen LogP contribution in [0.2, 0.25) is 0 Å². The Morgan fingerprint density at radius 3 is 1.86 bits per heavy atom. The molecule has 0 bridgehead atoms. The van der Waals surface area contributed by atoms with E-state index < -0.39 is 29.4 Å². The van der Waals surface area contributed by atoms with Gasteiger partial charge in [-0.15, -0.1) is 0 Å². The summed E-state index contributed by atoms with van der Waals surface area (Å²) in [6.07, 6.45) is -0.564. The van der Waals surface area contributed by atoms with Crippen LogP contribution >= 0.6 is 0 Å². The number of H-pyrrole nitrogens is 1. The molecule has 2 saturated carbocycles. The van der Waals surface area contributed by atoms with Crippen molar-refractivity contribution in [3.05, 3.63) is 99.2 Å². The topological polar surface area (TPSA) is 51.3 Å². The second kappa shape index (κ2) is 13.4. The van der Waals surface area contributed by atoms with Crippen molar-refractivity contribution in [2.45, 2.75) is 114 Å². The first kappa shape index (κ1) is 33.5. The predicted octanol–water partition coefficient (Wildman–Crippen LogP) is 11.3. The molecule has 7 rings (SSSR count). The van der Waals surface area contributed by atoms with Crippen LogP contribution < -0.4 is 4.74 Å². The number of halogens is 6. The molecule has 0 saturated heterocycles. The molecule has 260 valence electrons. The summed E-state index contributed by atoms with van der Waals surface area (Å²) in [5, 5.41) is 0.929. The number of aromatic nitrogens is 1. The second-order valence-corrected chi connectivity index (χ2v) is 13.9. The largest absolute Gasteiger partial charge is 0.489 e. The first-order valence-electron chi connectivity index (χ1n) is 17.3. The zero-order valence-corrected chi connectivity index (χ0v) is 27.1. The molecule has 49 heavy (non-hydrogen) atoms. The molecule has 1 atom stereocenters. The number of alkyl halides is 6. The smallest absolute Gasteiger partial charge is 0.416 e. The van der Waals surface area contributed by atoms with Gasteiger partial charge in [-0.3, -0.25) is 4.79 Å². The molecule has 3 aliphatic carbocycles. The van der Waals surface area contributed by atoms with E-state index in [-0.39, 0.29) is 37.4 Å². The number of hydrogen-bond acceptors (Lipinski definition) is 3. The van der Waals surface area contributed by atoms with Crippen LogP contribution in [0, 0.1) is 0 Å². The van der Waals surface area contributed by atoms with Gasteiger partial charge in [-0.2, -0.15) is 26.3 Å². The number of hydrogen-bond donors (Lipinski definition) is 1. The molecule has 2 fully saturated rings. The third kappa shape index (κ3) is 7.19. The molecule has 1 N–H and O–H groups in total. The Bertz CT molecular complexity index is 1830. The van der Waals surface area contributed by atoms with E-state index in [1.54, 1.807) is 30.3 Å². The summed E-state index contributed by atoms with van der Waals surface area (Å²) >= 11 is 0. The van der Waals surface area contributed by atoms with Gasteiger partial charge in [0.05, 0.1) is 17.5 Å². The monoisotopic (exact) mass is 683 g/mol. The van der Waals surface area contributed by atoms with Crippen LogP contribution in [-0.2, 0) is 41.5 Å². The van der Waals surface area contributed by atoms with Gasteiger partial charge in [-0.05, 0) is 109 Å². The number of aryl methyl sites for hydroxylation is 1. The van der Waals surface area contributed by atoms with E-state index >= 15 is 0 Å². The number of nitrogens with one attached hydrogen (secondary N) is 1. The molecule has 3 aromatic carbocycles. The van der Waals surface area contributed by atoms with Crippen molar-refractivity contribution in [3.63, 3.8) is 0 Å². The molecular formula is C39H39F6NO3. The zero-order chi connectivity index (χ0) is 34.3. The average molecular weight is 684 g/mol. The fourth-order valence-corrected chi connectivity index (χ4v) is 8.28. The molecule has 10 heteroatoms. The number of fused-ring (bicyclic) bond motifs is 3. The van der Waals surface area contributed by atoms with Crippen molar-refractivity contribution in [1.82, 2.24) is 4.98 Å². The van der Waals surface area contributed by atoms with Crippen LogP contribution in [0.3, 0.4) is 0 Å². The van der Waals surface area contributed by atoms with Gasteiger partial charge in [0.15, 0.2) is 0 Å². The van der Waals surface area contributed by atoms with Crippen LogP contribution in [0.5, 0.6) is 5.75 Å². The zero-order valence-electron chi connectivity index (χ0n) is 27.1. The Hall–Kier alpha value is -3.95. The number of carbonyl (C=O) groups is 1. The summed E-state index contributed by atoms with van der Waals surface area (Å²) in [7, 11) is 0. The minimum absolute atomic E-state index is 0.00557. The van der Waals surface area contributed by atoms with Crippen LogP contribution in [0.25, 0.3) is 10.9 Å². The maximum absolute atomic E-state index is 13.9. The van der Waals surface area contributed by atoms with E-state index in [4.69, 9.17) is 9.47 Å². The molecule has 4 aromatic rings. The highest BCUT2D eigenvalue weighted by molar-refractivity contribution is 5.87. The standard InChI is InChI=1S/C39H39F6NO3/c40-38(41,42)33-17-23(9-13-29(33)25-5-1-2-6-25)21-48-28-12-16-35-32(20-28)31-15-11-27(37(31)46-35)19-36(47)49-22-24-10-14-30(26-7-3-4-8-26)34(18-24)39(43,44)45/h9-10,12-14,16-18,20,25-27,46H,1-8,11,15,19,21-22H2. The lowest BCUT2D eigenvalue weighted by atomic mass is 9.91. The van der Waals surface area contributed by atoms with E-state index in [2.05, 4.69) is 4.98 Å². The van der Waals surface area contributed by atoms with Crippen molar-refractivity contribution in [3.8, 4) is 5.75 Å². The van der Waals surface area contributed by atoms with E-state index in [1.165, 1.54) is 6.07 Å². The van der Waals surface area contributed by atoms with Crippen molar-refractivity contribution in [2.75, 3.05) is 0 Å². The minimum Gasteiger partial charge on any atom is -0.489 e. The van der Waals surface area contributed by atoms with Crippen molar-refractivity contribution in [1.29, 1.82) is 0 Å². The van der Waals surface area contributed by atoms with Gasteiger partial charge in [0.2, 0.25) is 0 Å². The molecule has 0 aliphatic heterocycles. The maximum Gasteiger partial charge on any atom is 0.416 e. The first-order chi connectivity index (χ1) is 23.4. The fourth-order valence-electron chi connectivity index (χ4n) is 8.28. The molecule has 1 unspecified atom stereocenters. The van der Waals surface area contributed by atoms with Gasteiger partial charge in [-0.25, -0.2) is 0 Å². The molecule has 1 aromatic heterocycles. The highest BCUT2D eigenvalue weighted by Crippen LogP contribution is 2.44. The third-order valence-corrected chi connectivity index (χ3v) is 10.7. The van der Waals surface area contributed by atoms with Crippen LogP contribution in [0.15, 0.2) is 54.6 Å². The molecule has 1 heterocycles. The highest BCUT2D eigenvalue weighted by atomic mass is 19.4. The van der Waals surface area contributed by atoms with Crippen molar-refractivity contribution < 1.29 is 40.6 Å². The Kier molecular flexibility index (Phi) is 9.17. The highest BCUT2D eigenvalue weighted by Gasteiger charge is 2.37. The van der Waals surface area contributed by atoms with E-state index in [1.807, 2.05) is 12.1 Å². The number of rotatable bonds is 9. The third-order valence-electron chi connectivity index (χ3n) is 10.7. The Morgan fingerprint density at radius 2 is 1.29 bits per heavy atom. The van der Waals surface area contributed by atoms with E-state index in [0.717, 1.165) is 79.6 Å². The van der Waals surface area contributed by atoms with Crippen LogP contribution in [-0.4, -0.2) is 11.0 Å². The number of ether oxygens (including phenoxy) is 2. The lowest BCUT2D eigenvalue weighted by molar-refractivity contribution is -0.145. The van der Waals surface area contributed by atoms with Crippen LogP contribution in [0.4, 0.5) is 26.3 Å². The molecule has 4 nitrogen and oxygen atoms in total. The number of aromatic amines is 1. The Morgan fingerprint density at radius 1 is 0.714 bits per heavy atom. The maximum atomic E-state index is 13.9. The van der Waals surface area contributed by atoms with Gasteiger partial charge in [0.25, 0.3) is 0 Å². The SMILES string of the molecule is O=C(CC1CCc2c1[nH]c1ccc(OCc3ccc(C4CCCC4)c(C(F)(F)F)c3)cc21)OCc1ccc(C2CCCC2)c(C(F)(F)F)c1. The summed E-state index contributed by atoms with van der Waals surface area (Å²) in [5.41, 5.74) is 3.08. The molecule has 0 spiro atoms. The second-order valence-electron chi connectivity index (χ2n) is 13.9. The Balaban J connectivity index is 0.992. The van der Waals surface area contributed by atoms with Gasteiger partial charge < -0.3 is 14.5 Å². The van der Waals surface area contributed by atoms with Crippen molar-refractivity contribution in [2.24, 2.45) is 0 Å². The number of carbonyl (C=O) groups excluding carboxylic acids is 1. The van der Waals surface area contributed by atoms with Gasteiger partial charge >= 0.3 is 18.3 Å². The summed E-state index contributed by atoms with van der Waals surface area (Å²) < 4.78 is 94.9. The lowest BCUT2D eigenvalue weighted by Gasteiger charge is -2.19. The number of esters is 1. The predicted molar refractivity (Wildman–Crippen MR) is 173 cm³/mol. The number of benzene rings is 3. The molecular weight excluding hydrogens is 644 g/mol. The molecule has 0 amide bonds. The summed E-state index contributed by atoms with van der Waals surface area (Å²) in [6, 6.07) is 14.3. The first-order valence-corrected chi connectivity index (χ1v) is 17.3. The van der Waals surface area contributed by atoms with Crippen molar-refractivity contribution >= 4 is 16.9 Å².